The fraction of sp³-hybridized carbons (Fsp3) is 0.500. The van der Waals surface area contributed by atoms with Gasteiger partial charge in [0.2, 0.25) is 0 Å². The number of carboxylic acid groups (broad SMARTS) is 1. The van der Waals surface area contributed by atoms with Gasteiger partial charge in [-0.1, -0.05) is 6.92 Å². The highest BCUT2D eigenvalue weighted by Crippen LogP contribution is 2.27. The summed E-state index contributed by atoms with van der Waals surface area (Å²) in [4.78, 5) is 10.8. The Hall–Kier alpha value is -0.980. The summed E-state index contributed by atoms with van der Waals surface area (Å²) in [5, 5.41) is 12.3. The number of hydrogen-bond acceptors (Lipinski definition) is 2. The Bertz CT molecular complexity index is 368. The van der Waals surface area contributed by atoms with E-state index in [-0.39, 0.29) is 10.9 Å². The summed E-state index contributed by atoms with van der Waals surface area (Å²) in [6.45, 7) is 1.65. The van der Waals surface area contributed by atoms with Gasteiger partial charge in [0.25, 0.3) is 6.43 Å². The van der Waals surface area contributed by atoms with Crippen molar-refractivity contribution in [2.24, 2.45) is 0 Å². The van der Waals surface area contributed by atoms with Crippen LogP contribution in [0.3, 0.4) is 0 Å². The van der Waals surface area contributed by atoms with Crippen LogP contribution >= 0.6 is 15.9 Å². The molecule has 0 amide bonds. The van der Waals surface area contributed by atoms with E-state index in [0.29, 0.717) is 0 Å². The van der Waals surface area contributed by atoms with Crippen molar-refractivity contribution in [2.45, 2.75) is 25.8 Å². The minimum absolute atomic E-state index is 0.122. The van der Waals surface area contributed by atoms with Crippen molar-refractivity contribution in [1.82, 2.24) is 9.78 Å². The SMILES string of the molecule is CC[C@@H](C(=O)O)n1cc(Br)c(C(F)F)n1. The largest absolute Gasteiger partial charge is 0.480 e. The lowest BCUT2D eigenvalue weighted by Gasteiger charge is -2.09. The van der Waals surface area contributed by atoms with E-state index in [2.05, 4.69) is 21.0 Å². The standard InChI is InChI=1S/C8H9BrF2N2O2/c1-2-5(8(14)15)13-3-4(9)6(12-13)7(10)11/h3,5,7H,2H2,1H3,(H,14,15)/t5-/m0/s1. The average molecular weight is 283 g/mol. The normalized spacial score (nSPS) is 13.1. The minimum Gasteiger partial charge on any atom is -0.480 e. The van der Waals surface area contributed by atoms with Gasteiger partial charge in [0.1, 0.15) is 11.7 Å². The van der Waals surface area contributed by atoms with Crippen LogP contribution in [0.1, 0.15) is 31.5 Å². The second kappa shape index (κ2) is 4.69. The molecule has 0 aliphatic carbocycles. The molecule has 0 saturated carbocycles. The number of aromatic nitrogens is 2. The number of nitrogens with zero attached hydrogens (tertiary/aromatic N) is 2. The number of hydrogen-bond donors (Lipinski definition) is 1. The number of halogens is 3. The molecule has 1 heterocycles. The second-order valence-electron chi connectivity index (χ2n) is 2.91. The van der Waals surface area contributed by atoms with Crippen molar-refractivity contribution < 1.29 is 18.7 Å². The molecule has 1 rings (SSSR count). The van der Waals surface area contributed by atoms with Gasteiger partial charge in [-0.05, 0) is 22.4 Å². The molecule has 1 atom stereocenters. The van der Waals surface area contributed by atoms with Crippen LogP contribution < -0.4 is 0 Å². The van der Waals surface area contributed by atoms with Crippen molar-refractivity contribution >= 4 is 21.9 Å². The third-order valence-corrected chi connectivity index (χ3v) is 2.52. The van der Waals surface area contributed by atoms with Crippen molar-refractivity contribution in [2.75, 3.05) is 0 Å². The predicted molar refractivity (Wildman–Crippen MR) is 51.8 cm³/mol. The molecule has 0 radical (unpaired) electrons. The summed E-state index contributed by atoms with van der Waals surface area (Å²) >= 11 is 2.91. The summed E-state index contributed by atoms with van der Waals surface area (Å²) in [6, 6.07) is -0.909. The quantitative estimate of drug-likeness (QED) is 0.924. The lowest BCUT2D eigenvalue weighted by atomic mass is 10.2. The monoisotopic (exact) mass is 282 g/mol. The topological polar surface area (TPSA) is 55.1 Å². The number of alkyl halides is 2. The smallest absolute Gasteiger partial charge is 0.328 e. The summed E-state index contributed by atoms with van der Waals surface area (Å²) in [6.07, 6.45) is -1.18. The van der Waals surface area contributed by atoms with Crippen molar-refractivity contribution in [3.63, 3.8) is 0 Å². The van der Waals surface area contributed by atoms with E-state index < -0.39 is 24.1 Å². The van der Waals surface area contributed by atoms with Gasteiger partial charge in [-0.3, -0.25) is 4.68 Å². The molecule has 84 valence electrons. The van der Waals surface area contributed by atoms with E-state index in [1.54, 1.807) is 6.92 Å². The number of rotatable bonds is 4. The fourth-order valence-electron chi connectivity index (χ4n) is 1.17. The van der Waals surface area contributed by atoms with Gasteiger partial charge in [-0.2, -0.15) is 5.10 Å². The molecular weight excluding hydrogens is 274 g/mol. The van der Waals surface area contributed by atoms with Crippen LogP contribution in [0.4, 0.5) is 8.78 Å². The molecule has 4 nitrogen and oxygen atoms in total. The van der Waals surface area contributed by atoms with Crippen LogP contribution in [-0.4, -0.2) is 20.9 Å². The van der Waals surface area contributed by atoms with Gasteiger partial charge < -0.3 is 5.11 Å². The zero-order valence-electron chi connectivity index (χ0n) is 7.82. The lowest BCUT2D eigenvalue weighted by Crippen LogP contribution is -2.18. The maximum absolute atomic E-state index is 12.4. The second-order valence-corrected chi connectivity index (χ2v) is 3.76. The van der Waals surface area contributed by atoms with E-state index in [9.17, 15) is 13.6 Å². The first-order valence-electron chi connectivity index (χ1n) is 4.22. The molecule has 0 saturated heterocycles. The Morgan fingerprint density at radius 1 is 1.73 bits per heavy atom. The molecule has 0 aliphatic rings. The zero-order chi connectivity index (χ0) is 11.6. The Morgan fingerprint density at radius 3 is 2.67 bits per heavy atom. The third kappa shape index (κ3) is 2.53. The molecule has 0 bridgehead atoms. The lowest BCUT2D eigenvalue weighted by molar-refractivity contribution is -0.141. The Morgan fingerprint density at radius 2 is 2.33 bits per heavy atom. The molecule has 1 aromatic heterocycles. The number of carbonyl (C=O) groups is 1. The van der Waals surface area contributed by atoms with Crippen LogP contribution in [-0.2, 0) is 4.79 Å². The number of carboxylic acids is 1. The summed E-state index contributed by atoms with van der Waals surface area (Å²) in [5.74, 6) is -1.09. The molecule has 15 heavy (non-hydrogen) atoms. The van der Waals surface area contributed by atoms with E-state index in [4.69, 9.17) is 5.11 Å². The van der Waals surface area contributed by atoms with E-state index in [0.717, 1.165) is 4.68 Å². The molecule has 1 N–H and O–H groups in total. The first-order valence-corrected chi connectivity index (χ1v) is 5.02. The van der Waals surface area contributed by atoms with E-state index >= 15 is 0 Å². The molecule has 0 spiro atoms. The van der Waals surface area contributed by atoms with Gasteiger partial charge in [0.15, 0.2) is 0 Å². The van der Waals surface area contributed by atoms with E-state index in [1.165, 1.54) is 6.20 Å². The molecule has 0 unspecified atom stereocenters. The zero-order valence-corrected chi connectivity index (χ0v) is 9.41. The van der Waals surface area contributed by atoms with Gasteiger partial charge >= 0.3 is 5.97 Å². The van der Waals surface area contributed by atoms with Crippen molar-refractivity contribution in [3.05, 3.63) is 16.4 Å². The third-order valence-electron chi connectivity index (χ3n) is 1.91. The Balaban J connectivity index is 3.05. The van der Waals surface area contributed by atoms with Crippen LogP contribution in [0.15, 0.2) is 10.7 Å². The fourth-order valence-corrected chi connectivity index (χ4v) is 1.63. The van der Waals surface area contributed by atoms with Crippen LogP contribution in [0, 0.1) is 0 Å². The summed E-state index contributed by atoms with van der Waals surface area (Å²) in [5.41, 5.74) is -0.435. The highest BCUT2D eigenvalue weighted by molar-refractivity contribution is 9.10. The number of aliphatic carboxylic acids is 1. The van der Waals surface area contributed by atoms with Crippen LogP contribution in [0.25, 0.3) is 0 Å². The molecule has 1 aromatic rings. The maximum atomic E-state index is 12.4. The molecule has 0 aromatic carbocycles. The van der Waals surface area contributed by atoms with Crippen LogP contribution in [0.2, 0.25) is 0 Å². The first kappa shape index (κ1) is 12.1. The summed E-state index contributed by atoms with van der Waals surface area (Å²) in [7, 11) is 0. The highest BCUT2D eigenvalue weighted by atomic mass is 79.9. The van der Waals surface area contributed by atoms with Gasteiger partial charge in [0, 0.05) is 6.20 Å². The molecule has 0 aliphatic heterocycles. The summed E-state index contributed by atoms with van der Waals surface area (Å²) < 4.78 is 25.9. The maximum Gasteiger partial charge on any atom is 0.328 e. The first-order chi connectivity index (χ1) is 6.97. The van der Waals surface area contributed by atoms with E-state index in [1.807, 2.05) is 0 Å². The van der Waals surface area contributed by atoms with Crippen molar-refractivity contribution in [3.8, 4) is 0 Å². The Labute approximate surface area is 93.0 Å². The molecule has 0 fully saturated rings. The highest BCUT2D eigenvalue weighted by Gasteiger charge is 2.23. The predicted octanol–water partition coefficient (Wildman–Crippen LogP) is 2.62. The minimum atomic E-state index is -2.72. The van der Waals surface area contributed by atoms with Crippen LogP contribution in [0.5, 0.6) is 0 Å². The molecular formula is C8H9BrF2N2O2. The Kier molecular flexibility index (Phi) is 3.78. The molecule has 7 heteroatoms. The van der Waals surface area contributed by atoms with Gasteiger partial charge in [0.05, 0.1) is 4.47 Å². The average Bonchev–Trinajstić information content (AvgIpc) is 2.48. The van der Waals surface area contributed by atoms with Crippen molar-refractivity contribution in [1.29, 1.82) is 0 Å². The van der Waals surface area contributed by atoms with Gasteiger partial charge in [-0.15, -0.1) is 0 Å². The van der Waals surface area contributed by atoms with Gasteiger partial charge in [-0.25, -0.2) is 13.6 Å².